The summed E-state index contributed by atoms with van der Waals surface area (Å²) < 4.78 is 5.49. The van der Waals surface area contributed by atoms with E-state index in [9.17, 15) is 5.11 Å². The quantitative estimate of drug-likeness (QED) is 0.692. The van der Waals surface area contributed by atoms with Crippen LogP contribution in [0.2, 0.25) is 0 Å². The molecule has 1 aliphatic rings. The van der Waals surface area contributed by atoms with Gasteiger partial charge in [0.05, 0.1) is 12.2 Å². The van der Waals surface area contributed by atoms with Crippen LogP contribution < -0.4 is 0 Å². The molecule has 1 N–H and O–H groups in total. The number of nitrogens with zero attached hydrogens (tertiary/aromatic N) is 1. The smallest absolute Gasteiger partial charge is 0.0802 e. The Labute approximate surface area is 84.6 Å². The van der Waals surface area contributed by atoms with E-state index < -0.39 is 6.10 Å². The number of β-amino-alcohol motifs (C(OH)–C–C–N with tert-alkyl or cyclic N) is 1. The highest BCUT2D eigenvalue weighted by atomic mass is 35.5. The zero-order valence-electron chi connectivity index (χ0n) is 8.08. The van der Waals surface area contributed by atoms with Crippen molar-refractivity contribution in [3.05, 3.63) is 0 Å². The first kappa shape index (κ1) is 11.2. The Morgan fingerprint density at radius 3 is 3.15 bits per heavy atom. The highest BCUT2D eigenvalue weighted by Crippen LogP contribution is 2.06. The lowest BCUT2D eigenvalue weighted by Gasteiger charge is -2.23. The van der Waals surface area contributed by atoms with Gasteiger partial charge in [-0.05, 0) is 13.3 Å². The maximum absolute atomic E-state index is 9.37. The highest BCUT2D eigenvalue weighted by molar-refractivity contribution is 6.18. The van der Waals surface area contributed by atoms with Crippen LogP contribution in [0.1, 0.15) is 13.3 Å². The Kier molecular flexibility index (Phi) is 5.02. The van der Waals surface area contributed by atoms with Crippen LogP contribution in [0.15, 0.2) is 0 Å². The average molecular weight is 208 g/mol. The average Bonchev–Trinajstić information content (AvgIpc) is 2.30. The number of hydrogen-bond acceptors (Lipinski definition) is 3. The molecular weight excluding hydrogens is 190 g/mol. The van der Waals surface area contributed by atoms with Crippen molar-refractivity contribution in [1.82, 2.24) is 4.90 Å². The van der Waals surface area contributed by atoms with Crippen molar-refractivity contribution in [3.8, 4) is 0 Å². The van der Waals surface area contributed by atoms with Crippen LogP contribution in [0.4, 0.5) is 0 Å². The first-order chi connectivity index (χ1) is 6.22. The number of halogens is 1. The number of ether oxygens (including phenoxy) is 1. The summed E-state index contributed by atoms with van der Waals surface area (Å²) in [7, 11) is 0. The van der Waals surface area contributed by atoms with E-state index in [1.54, 1.807) is 0 Å². The van der Waals surface area contributed by atoms with Gasteiger partial charge in [0.25, 0.3) is 0 Å². The summed E-state index contributed by atoms with van der Waals surface area (Å²) >= 11 is 5.54. The first-order valence-corrected chi connectivity index (χ1v) is 5.34. The summed E-state index contributed by atoms with van der Waals surface area (Å²) in [6.07, 6.45) is 0.899. The molecule has 0 saturated carbocycles. The summed E-state index contributed by atoms with van der Waals surface area (Å²) in [5.74, 6) is 0.311. The number of aliphatic hydroxyl groups excluding tert-OH is 1. The lowest BCUT2D eigenvalue weighted by Crippen LogP contribution is -2.37. The van der Waals surface area contributed by atoms with Crippen molar-refractivity contribution < 1.29 is 9.84 Å². The zero-order valence-corrected chi connectivity index (χ0v) is 8.83. The number of aliphatic hydroxyl groups is 1. The van der Waals surface area contributed by atoms with Crippen molar-refractivity contribution in [2.24, 2.45) is 0 Å². The molecule has 0 spiro atoms. The Bertz CT molecular complexity index is 146. The number of rotatable bonds is 3. The van der Waals surface area contributed by atoms with Crippen molar-refractivity contribution >= 4 is 11.6 Å². The van der Waals surface area contributed by atoms with Gasteiger partial charge in [-0.25, -0.2) is 0 Å². The molecule has 1 aliphatic heterocycles. The lowest BCUT2D eigenvalue weighted by molar-refractivity contribution is 0.0592. The van der Waals surface area contributed by atoms with Gasteiger partial charge in [-0.15, -0.1) is 11.6 Å². The predicted octanol–water partition coefficient (Wildman–Crippen LogP) is 0.697. The maximum Gasteiger partial charge on any atom is 0.0802 e. The van der Waals surface area contributed by atoms with Gasteiger partial charge in [-0.2, -0.15) is 0 Å². The van der Waals surface area contributed by atoms with Gasteiger partial charge in [-0.1, -0.05) is 0 Å². The largest absolute Gasteiger partial charge is 0.391 e. The second-order valence-corrected chi connectivity index (χ2v) is 3.91. The fourth-order valence-corrected chi connectivity index (χ4v) is 1.69. The lowest BCUT2D eigenvalue weighted by atomic mass is 10.3. The fraction of sp³-hybridized carbons (Fsp3) is 1.00. The van der Waals surface area contributed by atoms with Gasteiger partial charge in [0.15, 0.2) is 0 Å². The van der Waals surface area contributed by atoms with Crippen LogP contribution in [-0.2, 0) is 4.74 Å². The molecule has 1 rings (SSSR count). The van der Waals surface area contributed by atoms with Crippen LogP contribution in [0, 0.1) is 0 Å². The molecule has 2 unspecified atom stereocenters. The van der Waals surface area contributed by atoms with Gasteiger partial charge >= 0.3 is 0 Å². The molecule has 0 aromatic heterocycles. The Morgan fingerprint density at radius 1 is 1.69 bits per heavy atom. The predicted molar refractivity (Wildman–Crippen MR) is 53.2 cm³/mol. The molecule has 3 nitrogen and oxygen atoms in total. The van der Waals surface area contributed by atoms with Crippen LogP contribution in [0.25, 0.3) is 0 Å². The first-order valence-electron chi connectivity index (χ1n) is 4.80. The second kappa shape index (κ2) is 5.81. The third kappa shape index (κ3) is 4.27. The van der Waals surface area contributed by atoms with E-state index in [4.69, 9.17) is 16.3 Å². The highest BCUT2D eigenvalue weighted by Gasteiger charge is 2.16. The van der Waals surface area contributed by atoms with Crippen LogP contribution in [-0.4, -0.2) is 54.3 Å². The second-order valence-electron chi connectivity index (χ2n) is 3.60. The van der Waals surface area contributed by atoms with Gasteiger partial charge in [-0.3, -0.25) is 4.90 Å². The number of alkyl halides is 1. The van der Waals surface area contributed by atoms with Crippen LogP contribution >= 0.6 is 11.6 Å². The van der Waals surface area contributed by atoms with E-state index in [0.29, 0.717) is 12.4 Å². The van der Waals surface area contributed by atoms with E-state index in [1.165, 1.54) is 0 Å². The third-order valence-corrected chi connectivity index (χ3v) is 2.54. The molecular formula is C9H18ClNO2. The Hall–Kier alpha value is 0.170. The molecule has 0 aliphatic carbocycles. The SMILES string of the molecule is CC1CN(CC(O)CCl)CCCO1. The standard InChI is InChI=1S/C9H18ClNO2/c1-8-6-11(3-2-4-13-8)7-9(12)5-10/h8-9,12H,2-7H2,1H3. The van der Waals surface area contributed by atoms with Crippen molar-refractivity contribution in [2.45, 2.75) is 25.6 Å². The Balaban J connectivity index is 2.30. The topological polar surface area (TPSA) is 32.7 Å². The molecule has 13 heavy (non-hydrogen) atoms. The minimum Gasteiger partial charge on any atom is -0.391 e. The molecule has 1 fully saturated rings. The Morgan fingerprint density at radius 2 is 2.46 bits per heavy atom. The molecule has 1 saturated heterocycles. The molecule has 0 aromatic rings. The molecule has 4 heteroatoms. The summed E-state index contributed by atoms with van der Waals surface area (Å²) in [6.45, 7) is 5.45. The molecule has 0 radical (unpaired) electrons. The summed E-state index contributed by atoms with van der Waals surface area (Å²) in [5.41, 5.74) is 0. The van der Waals surface area contributed by atoms with Gasteiger partial charge in [0, 0.05) is 32.1 Å². The minimum absolute atomic E-state index is 0.269. The number of hydrogen-bond donors (Lipinski definition) is 1. The molecule has 0 aromatic carbocycles. The van der Waals surface area contributed by atoms with E-state index in [1.807, 2.05) is 0 Å². The van der Waals surface area contributed by atoms with Gasteiger partial charge < -0.3 is 9.84 Å². The summed E-state index contributed by atoms with van der Waals surface area (Å²) in [6, 6.07) is 0. The van der Waals surface area contributed by atoms with Crippen LogP contribution in [0.5, 0.6) is 0 Å². The zero-order chi connectivity index (χ0) is 9.68. The van der Waals surface area contributed by atoms with Gasteiger partial charge in [0.1, 0.15) is 0 Å². The summed E-state index contributed by atoms with van der Waals surface area (Å²) in [5, 5.41) is 9.37. The fourth-order valence-electron chi connectivity index (χ4n) is 1.59. The molecule has 0 amide bonds. The minimum atomic E-state index is -0.410. The normalized spacial score (nSPS) is 28.4. The molecule has 1 heterocycles. The molecule has 0 bridgehead atoms. The van der Waals surface area contributed by atoms with Crippen LogP contribution in [0.3, 0.4) is 0 Å². The van der Waals surface area contributed by atoms with Crippen molar-refractivity contribution in [2.75, 3.05) is 32.1 Å². The van der Waals surface area contributed by atoms with Gasteiger partial charge in [0.2, 0.25) is 0 Å². The monoisotopic (exact) mass is 207 g/mol. The van der Waals surface area contributed by atoms with E-state index in [2.05, 4.69) is 11.8 Å². The van der Waals surface area contributed by atoms with Crippen molar-refractivity contribution in [1.29, 1.82) is 0 Å². The molecule has 2 atom stereocenters. The van der Waals surface area contributed by atoms with E-state index >= 15 is 0 Å². The van der Waals surface area contributed by atoms with E-state index in [0.717, 1.165) is 26.1 Å². The van der Waals surface area contributed by atoms with E-state index in [-0.39, 0.29) is 6.10 Å². The van der Waals surface area contributed by atoms with Crippen molar-refractivity contribution in [3.63, 3.8) is 0 Å². The maximum atomic E-state index is 9.37. The molecule has 78 valence electrons. The summed E-state index contributed by atoms with van der Waals surface area (Å²) in [4.78, 5) is 2.21. The third-order valence-electron chi connectivity index (χ3n) is 2.18.